The Kier molecular flexibility index (Phi) is 8.79. The first-order valence-electron chi connectivity index (χ1n) is 13.1. The van der Waals surface area contributed by atoms with Gasteiger partial charge in [-0.3, -0.25) is 4.79 Å². The van der Waals surface area contributed by atoms with Gasteiger partial charge < -0.3 is 20.9 Å². The first-order valence-corrected chi connectivity index (χ1v) is 13.1. The smallest absolute Gasteiger partial charge is 0.371 e. The number of anilines is 3. The van der Waals surface area contributed by atoms with Gasteiger partial charge in [0.1, 0.15) is 0 Å². The number of carbonyl (C=O) groups is 2. The fourth-order valence-corrected chi connectivity index (χ4v) is 4.86. The summed E-state index contributed by atoms with van der Waals surface area (Å²) in [6.45, 7) is 5.31. The van der Waals surface area contributed by atoms with Crippen LogP contribution in [0.4, 0.5) is 35.0 Å². The molecule has 39 heavy (non-hydrogen) atoms. The molecule has 0 aliphatic carbocycles. The van der Waals surface area contributed by atoms with Crippen LogP contribution in [0.5, 0.6) is 0 Å². The van der Waals surface area contributed by atoms with Crippen LogP contribution in [0.1, 0.15) is 48.2 Å². The minimum absolute atomic E-state index is 0.0965. The molecule has 4 rings (SSSR count). The van der Waals surface area contributed by atoms with E-state index in [-0.39, 0.29) is 17.6 Å². The molecule has 1 fully saturated rings. The molecule has 1 aliphatic rings. The number of carbonyl (C=O) groups excluding carboxylic acids is 2. The molecule has 3 N–H and O–H groups in total. The number of nitrogens with one attached hydrogen (secondary N) is 3. The lowest BCUT2D eigenvalue weighted by Crippen LogP contribution is -2.37. The van der Waals surface area contributed by atoms with Gasteiger partial charge in [-0.25, -0.2) is 4.79 Å². The van der Waals surface area contributed by atoms with Crippen molar-refractivity contribution in [2.75, 3.05) is 28.6 Å². The minimum atomic E-state index is -4.61. The van der Waals surface area contributed by atoms with Crippen LogP contribution in [-0.4, -0.2) is 31.1 Å². The van der Waals surface area contributed by atoms with Crippen molar-refractivity contribution in [2.45, 2.75) is 45.3 Å². The number of halogens is 3. The average molecular weight is 539 g/mol. The zero-order chi connectivity index (χ0) is 28.0. The summed E-state index contributed by atoms with van der Waals surface area (Å²) < 4.78 is 39.9. The predicted molar refractivity (Wildman–Crippen MR) is 148 cm³/mol. The van der Waals surface area contributed by atoms with E-state index in [1.54, 1.807) is 18.2 Å². The number of nitrogens with zero attached hydrogens (tertiary/aromatic N) is 1. The van der Waals surface area contributed by atoms with Gasteiger partial charge >= 0.3 is 12.2 Å². The summed E-state index contributed by atoms with van der Waals surface area (Å²) >= 11 is 0. The molecule has 0 saturated carbocycles. The van der Waals surface area contributed by atoms with Gasteiger partial charge in [-0.1, -0.05) is 42.5 Å². The average Bonchev–Trinajstić information content (AvgIpc) is 2.89. The van der Waals surface area contributed by atoms with Crippen LogP contribution in [0.3, 0.4) is 0 Å². The standard InChI is InChI=1S/C30H33F3N4O2/c1-20(2)34-28(38)24-19-23(35-29(39)36-26-11-7-6-10-25(26)30(31,32)33)12-13-27(24)37-16-14-22(15-17-37)18-21-8-4-3-5-9-21/h3-13,19-20,22H,14-18H2,1-2H3,(H,34,38)(H2,35,36,39). The van der Waals surface area contributed by atoms with Gasteiger partial charge in [0.25, 0.3) is 5.91 Å². The number of urea groups is 1. The van der Waals surface area contributed by atoms with Gasteiger partial charge in [-0.05, 0) is 74.9 Å². The van der Waals surface area contributed by atoms with E-state index in [0.29, 0.717) is 17.2 Å². The second kappa shape index (κ2) is 12.2. The van der Waals surface area contributed by atoms with E-state index in [1.807, 2.05) is 19.9 Å². The summed E-state index contributed by atoms with van der Waals surface area (Å²) in [5.41, 5.74) is 1.49. The highest BCUT2D eigenvalue weighted by atomic mass is 19.4. The fourth-order valence-electron chi connectivity index (χ4n) is 4.86. The minimum Gasteiger partial charge on any atom is -0.371 e. The largest absolute Gasteiger partial charge is 0.418 e. The molecule has 0 radical (unpaired) electrons. The molecule has 3 aromatic carbocycles. The molecule has 1 aliphatic heterocycles. The van der Waals surface area contributed by atoms with Crippen LogP contribution in [-0.2, 0) is 12.6 Å². The normalized spacial score (nSPS) is 14.3. The molecule has 6 nitrogen and oxygen atoms in total. The third-order valence-corrected chi connectivity index (χ3v) is 6.72. The summed E-state index contributed by atoms with van der Waals surface area (Å²) in [5.74, 6) is 0.277. The fraction of sp³-hybridized carbons (Fsp3) is 0.333. The maximum absolute atomic E-state index is 13.3. The van der Waals surface area contributed by atoms with Crippen molar-refractivity contribution in [1.29, 1.82) is 0 Å². The number of amides is 3. The van der Waals surface area contributed by atoms with Crippen molar-refractivity contribution >= 4 is 29.0 Å². The number of para-hydroxylation sites is 1. The maximum atomic E-state index is 13.3. The second-order valence-electron chi connectivity index (χ2n) is 10.1. The Bertz CT molecular complexity index is 1290. The molecule has 1 saturated heterocycles. The van der Waals surface area contributed by atoms with Crippen molar-refractivity contribution in [3.63, 3.8) is 0 Å². The number of rotatable bonds is 7. The van der Waals surface area contributed by atoms with Gasteiger partial charge in [0.15, 0.2) is 0 Å². The number of piperidine rings is 1. The van der Waals surface area contributed by atoms with Crippen LogP contribution in [0.25, 0.3) is 0 Å². The highest BCUT2D eigenvalue weighted by Gasteiger charge is 2.33. The molecule has 0 spiro atoms. The lowest BCUT2D eigenvalue weighted by atomic mass is 9.89. The van der Waals surface area contributed by atoms with Crippen molar-refractivity contribution < 1.29 is 22.8 Å². The number of hydrogen-bond acceptors (Lipinski definition) is 3. The van der Waals surface area contributed by atoms with E-state index in [9.17, 15) is 22.8 Å². The molecule has 206 valence electrons. The predicted octanol–water partition coefficient (Wildman–Crippen LogP) is 6.95. The summed E-state index contributed by atoms with van der Waals surface area (Å²) in [7, 11) is 0. The summed E-state index contributed by atoms with van der Waals surface area (Å²) in [6.07, 6.45) is -1.62. The Balaban J connectivity index is 1.48. The Labute approximate surface area is 226 Å². The molecule has 3 aromatic rings. The molecule has 3 amide bonds. The molecule has 0 aromatic heterocycles. The van der Waals surface area contributed by atoms with E-state index in [0.717, 1.165) is 44.1 Å². The topological polar surface area (TPSA) is 73.5 Å². The Morgan fingerprint density at radius 1 is 0.923 bits per heavy atom. The van der Waals surface area contributed by atoms with Crippen molar-refractivity contribution in [2.24, 2.45) is 5.92 Å². The van der Waals surface area contributed by atoms with Crippen molar-refractivity contribution in [3.05, 3.63) is 89.5 Å². The molecule has 1 heterocycles. The van der Waals surface area contributed by atoms with E-state index >= 15 is 0 Å². The lowest BCUT2D eigenvalue weighted by Gasteiger charge is -2.35. The SMILES string of the molecule is CC(C)NC(=O)c1cc(NC(=O)Nc2ccccc2C(F)(F)F)ccc1N1CCC(Cc2ccccc2)CC1. The highest BCUT2D eigenvalue weighted by Crippen LogP contribution is 2.35. The van der Waals surface area contributed by atoms with E-state index in [1.165, 1.54) is 23.8 Å². The second-order valence-corrected chi connectivity index (χ2v) is 10.1. The number of benzene rings is 3. The van der Waals surface area contributed by atoms with Gasteiger partial charge in [0.05, 0.1) is 16.8 Å². The summed E-state index contributed by atoms with van der Waals surface area (Å²) in [6, 6.07) is 19.2. The molecule has 0 bridgehead atoms. The van der Waals surface area contributed by atoms with Crippen LogP contribution < -0.4 is 20.9 Å². The van der Waals surface area contributed by atoms with Crippen molar-refractivity contribution in [3.8, 4) is 0 Å². The monoisotopic (exact) mass is 538 g/mol. The Hall–Kier alpha value is -4.01. The van der Waals surface area contributed by atoms with Crippen LogP contribution in [0, 0.1) is 5.92 Å². The number of alkyl halides is 3. The Morgan fingerprint density at radius 3 is 2.26 bits per heavy atom. The molecular weight excluding hydrogens is 505 g/mol. The molecular formula is C30H33F3N4O2. The van der Waals surface area contributed by atoms with E-state index in [4.69, 9.17) is 0 Å². The maximum Gasteiger partial charge on any atom is 0.418 e. The first-order chi connectivity index (χ1) is 18.6. The highest BCUT2D eigenvalue weighted by molar-refractivity contribution is 6.04. The third kappa shape index (κ3) is 7.52. The van der Waals surface area contributed by atoms with Crippen LogP contribution >= 0.6 is 0 Å². The van der Waals surface area contributed by atoms with Gasteiger partial charge in [0.2, 0.25) is 0 Å². The van der Waals surface area contributed by atoms with Crippen molar-refractivity contribution in [1.82, 2.24) is 5.32 Å². The van der Waals surface area contributed by atoms with Gasteiger partial charge in [-0.2, -0.15) is 13.2 Å². The molecule has 0 atom stereocenters. The zero-order valence-corrected chi connectivity index (χ0v) is 22.0. The Morgan fingerprint density at radius 2 is 1.59 bits per heavy atom. The summed E-state index contributed by atoms with van der Waals surface area (Å²) in [4.78, 5) is 27.9. The third-order valence-electron chi connectivity index (χ3n) is 6.72. The van der Waals surface area contributed by atoms with Gasteiger partial charge in [-0.15, -0.1) is 0 Å². The molecule has 0 unspecified atom stereocenters. The van der Waals surface area contributed by atoms with E-state index in [2.05, 4.69) is 45.1 Å². The lowest BCUT2D eigenvalue weighted by molar-refractivity contribution is -0.136. The van der Waals surface area contributed by atoms with E-state index < -0.39 is 17.8 Å². The first kappa shape index (κ1) is 28.0. The van der Waals surface area contributed by atoms with Gasteiger partial charge in [0, 0.05) is 30.5 Å². The number of hydrogen-bond donors (Lipinski definition) is 3. The van der Waals surface area contributed by atoms with Crippen LogP contribution in [0.2, 0.25) is 0 Å². The zero-order valence-electron chi connectivity index (χ0n) is 22.0. The quantitative estimate of drug-likeness (QED) is 0.305. The molecule has 9 heteroatoms. The summed E-state index contributed by atoms with van der Waals surface area (Å²) in [5, 5.41) is 7.74. The van der Waals surface area contributed by atoms with Crippen LogP contribution in [0.15, 0.2) is 72.8 Å².